The predicted octanol–water partition coefficient (Wildman–Crippen LogP) is 10.5. The van der Waals surface area contributed by atoms with Gasteiger partial charge in [-0.25, -0.2) is 0 Å². The first-order valence-corrected chi connectivity index (χ1v) is 14.6. The van der Waals surface area contributed by atoms with Crippen molar-refractivity contribution in [3.63, 3.8) is 0 Å². The number of hydrogen-bond donors (Lipinski definition) is 0. The molecule has 1 atom stereocenters. The van der Waals surface area contributed by atoms with Crippen LogP contribution in [0.1, 0.15) is 110 Å². The molecule has 0 heterocycles. The maximum atomic E-state index is 5.89. The van der Waals surface area contributed by atoms with E-state index < -0.39 is 0 Å². The summed E-state index contributed by atoms with van der Waals surface area (Å²) in [5, 5.41) is 8.76. The van der Waals surface area contributed by atoms with Crippen molar-refractivity contribution in [1.29, 1.82) is 0 Å². The highest BCUT2D eigenvalue weighted by Crippen LogP contribution is 2.22. The van der Waals surface area contributed by atoms with Gasteiger partial charge < -0.3 is 9.47 Å². The van der Waals surface area contributed by atoms with Gasteiger partial charge in [-0.05, 0) is 81.0 Å². The summed E-state index contributed by atoms with van der Waals surface area (Å²) >= 11 is 0. The van der Waals surface area contributed by atoms with Gasteiger partial charge in [-0.3, -0.25) is 0 Å². The van der Waals surface area contributed by atoms with Crippen LogP contribution in [-0.2, 0) is 11.2 Å². The van der Waals surface area contributed by atoms with Crippen LogP contribution in [0.15, 0.2) is 58.8 Å². The van der Waals surface area contributed by atoms with Gasteiger partial charge in [-0.1, -0.05) is 83.8 Å². The smallest absolute Gasteiger partial charge is 0.119 e. The van der Waals surface area contributed by atoms with Gasteiger partial charge in [0.25, 0.3) is 0 Å². The molecule has 200 valence electrons. The fraction of sp³-hybridized carbons (Fsp3) is 0.625. The molecule has 0 N–H and O–H groups in total. The summed E-state index contributed by atoms with van der Waals surface area (Å²) in [6, 6.07) is 16.4. The maximum Gasteiger partial charge on any atom is 0.119 e. The Balaban J connectivity index is 1.53. The highest BCUT2D eigenvalue weighted by atomic mass is 16.5. The molecule has 0 amide bonds. The van der Waals surface area contributed by atoms with Crippen LogP contribution in [0.3, 0.4) is 0 Å². The quantitative estimate of drug-likeness (QED) is 0.128. The Morgan fingerprint density at radius 1 is 0.611 bits per heavy atom. The van der Waals surface area contributed by atoms with Gasteiger partial charge in [0, 0.05) is 6.61 Å². The van der Waals surface area contributed by atoms with Crippen LogP contribution in [-0.4, -0.2) is 19.3 Å². The zero-order valence-electron chi connectivity index (χ0n) is 23.2. The molecule has 0 aliphatic carbocycles. The van der Waals surface area contributed by atoms with Crippen molar-refractivity contribution in [3.05, 3.63) is 54.1 Å². The number of aryl methyl sites for hydroxylation is 1. The lowest BCUT2D eigenvalue weighted by Crippen LogP contribution is -2.07. The third-order valence-electron chi connectivity index (χ3n) is 6.66. The van der Waals surface area contributed by atoms with E-state index in [1.807, 2.05) is 24.3 Å². The summed E-state index contributed by atoms with van der Waals surface area (Å²) in [6.07, 6.45) is 18.0. The maximum absolute atomic E-state index is 5.89. The van der Waals surface area contributed by atoms with Crippen LogP contribution in [0.2, 0.25) is 0 Å². The summed E-state index contributed by atoms with van der Waals surface area (Å²) < 4.78 is 11.6. The molecule has 2 rings (SSSR count). The van der Waals surface area contributed by atoms with Crippen LogP contribution in [0.5, 0.6) is 5.75 Å². The van der Waals surface area contributed by atoms with Crippen LogP contribution in [0.25, 0.3) is 0 Å². The molecule has 0 bridgehead atoms. The van der Waals surface area contributed by atoms with Crippen molar-refractivity contribution in [3.8, 4) is 5.75 Å². The molecule has 0 aliphatic rings. The number of benzene rings is 2. The summed E-state index contributed by atoms with van der Waals surface area (Å²) in [6.45, 7) is 8.27. The zero-order chi connectivity index (χ0) is 25.7. The van der Waals surface area contributed by atoms with Gasteiger partial charge in [0.2, 0.25) is 0 Å². The van der Waals surface area contributed by atoms with Crippen LogP contribution < -0.4 is 4.74 Å². The first-order valence-electron chi connectivity index (χ1n) is 14.6. The summed E-state index contributed by atoms with van der Waals surface area (Å²) in [4.78, 5) is 0. The van der Waals surface area contributed by atoms with E-state index in [1.165, 1.54) is 76.2 Å². The number of ether oxygens (including phenoxy) is 2. The lowest BCUT2D eigenvalue weighted by Gasteiger charge is -2.10. The van der Waals surface area contributed by atoms with Crippen LogP contribution in [0.4, 0.5) is 11.4 Å². The number of azo groups is 1. The minimum absolute atomic E-state index is 0.406. The highest BCUT2D eigenvalue weighted by Gasteiger charge is 1.99. The van der Waals surface area contributed by atoms with Gasteiger partial charge in [0.1, 0.15) is 5.75 Å². The first-order chi connectivity index (χ1) is 17.7. The molecule has 2 aromatic rings. The Bertz CT molecular complexity index is 802. The molecule has 4 heteroatoms. The Morgan fingerprint density at radius 3 is 1.75 bits per heavy atom. The molecule has 36 heavy (non-hydrogen) atoms. The normalized spacial score (nSPS) is 12.3. The minimum Gasteiger partial charge on any atom is -0.494 e. The van der Waals surface area contributed by atoms with Crippen molar-refractivity contribution in [1.82, 2.24) is 0 Å². The number of hydrogen-bond acceptors (Lipinski definition) is 4. The molecule has 0 aromatic heterocycles. The first kappa shape index (κ1) is 30.0. The molecule has 2 aromatic carbocycles. The lowest BCUT2D eigenvalue weighted by molar-refractivity contribution is 0.0608. The Hall–Kier alpha value is -2.20. The largest absolute Gasteiger partial charge is 0.494 e. The molecule has 0 fully saturated rings. The van der Waals surface area contributed by atoms with Crippen molar-refractivity contribution in [2.45, 2.75) is 117 Å². The molecule has 0 aliphatic heterocycles. The van der Waals surface area contributed by atoms with E-state index >= 15 is 0 Å². The van der Waals surface area contributed by atoms with E-state index in [0.717, 1.165) is 49.6 Å². The molecule has 0 radical (unpaired) electrons. The molecular weight excluding hydrogens is 444 g/mol. The van der Waals surface area contributed by atoms with Crippen molar-refractivity contribution < 1.29 is 9.47 Å². The third kappa shape index (κ3) is 14.4. The fourth-order valence-electron chi connectivity index (χ4n) is 4.07. The Kier molecular flexibility index (Phi) is 16.6. The Labute approximate surface area is 220 Å². The summed E-state index contributed by atoms with van der Waals surface area (Å²) in [5.41, 5.74) is 3.12. The molecular formula is C32H50N2O2. The third-order valence-corrected chi connectivity index (χ3v) is 6.66. The second-order valence-corrected chi connectivity index (χ2v) is 9.94. The average Bonchev–Trinajstić information content (AvgIpc) is 2.91. The van der Waals surface area contributed by atoms with Gasteiger partial charge in [-0.2, -0.15) is 10.2 Å². The zero-order valence-corrected chi connectivity index (χ0v) is 23.2. The van der Waals surface area contributed by atoms with Crippen molar-refractivity contribution >= 4 is 11.4 Å². The van der Waals surface area contributed by atoms with Gasteiger partial charge in [0.05, 0.1) is 24.1 Å². The number of rotatable bonds is 21. The van der Waals surface area contributed by atoms with Gasteiger partial charge in [-0.15, -0.1) is 0 Å². The standard InChI is InChI=1S/C32H50N2O2/c1-4-6-7-11-14-17-29-18-20-30(21-19-29)33-34-31-22-24-32(25-23-31)36-27-16-13-10-8-9-12-15-26-35-28(3)5-2/h18-25,28H,4-17,26-27H2,1-3H3. The topological polar surface area (TPSA) is 43.2 Å². The predicted molar refractivity (Wildman–Crippen MR) is 153 cm³/mol. The van der Waals surface area contributed by atoms with E-state index in [0.29, 0.717) is 6.10 Å². The van der Waals surface area contributed by atoms with E-state index in [4.69, 9.17) is 9.47 Å². The van der Waals surface area contributed by atoms with E-state index in [-0.39, 0.29) is 0 Å². The van der Waals surface area contributed by atoms with Gasteiger partial charge >= 0.3 is 0 Å². The molecule has 0 saturated heterocycles. The number of nitrogens with zero attached hydrogens (tertiary/aromatic N) is 2. The second kappa shape index (κ2) is 19.9. The highest BCUT2D eigenvalue weighted by molar-refractivity contribution is 5.43. The Morgan fingerprint density at radius 2 is 1.14 bits per heavy atom. The van der Waals surface area contributed by atoms with Crippen LogP contribution in [0, 0.1) is 0 Å². The molecule has 1 unspecified atom stereocenters. The summed E-state index contributed by atoms with van der Waals surface area (Å²) in [5.74, 6) is 0.901. The van der Waals surface area contributed by atoms with E-state index in [2.05, 4.69) is 55.3 Å². The molecule has 0 saturated carbocycles. The SMILES string of the molecule is CCCCCCCc1ccc(N=Nc2ccc(OCCCCCCCCCOC(C)CC)cc2)cc1. The van der Waals surface area contributed by atoms with Crippen molar-refractivity contribution in [2.24, 2.45) is 10.2 Å². The minimum atomic E-state index is 0.406. The lowest BCUT2D eigenvalue weighted by atomic mass is 10.1. The van der Waals surface area contributed by atoms with E-state index in [1.54, 1.807) is 0 Å². The average molecular weight is 495 g/mol. The number of unbranched alkanes of at least 4 members (excludes halogenated alkanes) is 10. The van der Waals surface area contributed by atoms with Crippen molar-refractivity contribution in [2.75, 3.05) is 13.2 Å². The molecule has 0 spiro atoms. The summed E-state index contributed by atoms with van der Waals surface area (Å²) in [7, 11) is 0. The van der Waals surface area contributed by atoms with Crippen LogP contribution >= 0.6 is 0 Å². The monoisotopic (exact) mass is 494 g/mol. The molecule has 4 nitrogen and oxygen atoms in total. The second-order valence-electron chi connectivity index (χ2n) is 9.94. The fourth-order valence-corrected chi connectivity index (χ4v) is 4.07. The van der Waals surface area contributed by atoms with Gasteiger partial charge in [0.15, 0.2) is 0 Å². The van der Waals surface area contributed by atoms with E-state index in [9.17, 15) is 0 Å².